The third kappa shape index (κ3) is 7.13. The maximum Gasteiger partial charge on any atom is 0.303 e. The molecule has 1 aliphatic heterocycles. The zero-order valence-corrected chi connectivity index (χ0v) is 16.2. The summed E-state index contributed by atoms with van der Waals surface area (Å²) in [6.07, 6.45) is 9.34. The summed E-state index contributed by atoms with van der Waals surface area (Å²) < 4.78 is 0. The summed E-state index contributed by atoms with van der Waals surface area (Å²) in [5.74, 6) is -2.15. The Kier molecular flexibility index (Phi) is 8.65. The minimum absolute atomic E-state index is 0.296. The normalized spacial score (nSPS) is 13.2. The molecule has 1 aliphatic rings. The molecule has 0 atom stereocenters. The molecule has 2 aromatic rings. The molecule has 2 heterocycles. The Morgan fingerprint density at radius 2 is 1.79 bits per heavy atom. The molecule has 6 nitrogen and oxygen atoms in total. The molecule has 0 spiro atoms. The predicted molar refractivity (Wildman–Crippen MR) is 109 cm³/mol. The highest BCUT2D eigenvalue weighted by atomic mass is 35.5. The van der Waals surface area contributed by atoms with E-state index in [2.05, 4.69) is 28.5 Å². The second-order valence-corrected chi connectivity index (χ2v) is 6.66. The van der Waals surface area contributed by atoms with Gasteiger partial charge in [-0.3, -0.25) is 14.6 Å². The van der Waals surface area contributed by atoms with E-state index in [9.17, 15) is 9.59 Å². The summed E-state index contributed by atoms with van der Waals surface area (Å²) in [5, 5.41) is 20.1. The molecule has 0 bridgehead atoms. The molecule has 148 valence electrons. The summed E-state index contributed by atoms with van der Waals surface area (Å²) in [6.45, 7) is 2.06. The van der Waals surface area contributed by atoms with Crippen LogP contribution in [0.5, 0.6) is 0 Å². The van der Waals surface area contributed by atoms with E-state index in [1.54, 1.807) is 6.20 Å². The first-order valence-corrected chi connectivity index (χ1v) is 9.38. The van der Waals surface area contributed by atoms with E-state index >= 15 is 0 Å². The summed E-state index contributed by atoms with van der Waals surface area (Å²) >= 11 is 6.39. The molecular formula is C21H23ClN2O4. The van der Waals surface area contributed by atoms with E-state index in [0.29, 0.717) is 0 Å². The Hall–Kier alpha value is -2.70. The highest BCUT2D eigenvalue weighted by Crippen LogP contribution is 2.27. The van der Waals surface area contributed by atoms with Gasteiger partial charge in [-0.1, -0.05) is 35.9 Å². The van der Waals surface area contributed by atoms with Crippen molar-refractivity contribution in [2.75, 3.05) is 13.1 Å². The maximum atomic E-state index is 9.64. The first kappa shape index (κ1) is 21.6. The third-order valence-electron chi connectivity index (χ3n) is 4.20. The number of aromatic nitrogens is 1. The number of fused-ring (bicyclic) bond motifs is 1. The van der Waals surface area contributed by atoms with Crippen molar-refractivity contribution < 1.29 is 19.8 Å². The minimum atomic E-state index is -1.08. The van der Waals surface area contributed by atoms with Gasteiger partial charge >= 0.3 is 11.9 Å². The second-order valence-electron chi connectivity index (χ2n) is 6.26. The van der Waals surface area contributed by atoms with Crippen molar-refractivity contribution in [3.05, 3.63) is 63.9 Å². The van der Waals surface area contributed by atoms with Crippen LogP contribution in [0.3, 0.4) is 0 Å². The summed E-state index contributed by atoms with van der Waals surface area (Å²) in [6, 6.07) is 8.15. The van der Waals surface area contributed by atoms with Gasteiger partial charge in [-0.25, -0.2) is 0 Å². The van der Waals surface area contributed by atoms with Crippen molar-refractivity contribution >= 4 is 35.7 Å². The summed E-state index contributed by atoms with van der Waals surface area (Å²) in [4.78, 5) is 23.4. The number of pyridine rings is 1. The van der Waals surface area contributed by atoms with Crippen LogP contribution < -0.4 is 5.32 Å². The van der Waals surface area contributed by atoms with Crippen LogP contribution in [0, 0.1) is 0 Å². The Balaban J connectivity index is 0.000000300. The number of halogens is 1. The second kappa shape index (κ2) is 11.2. The maximum absolute atomic E-state index is 9.64. The monoisotopic (exact) mass is 402 g/mol. The van der Waals surface area contributed by atoms with Crippen LogP contribution in [0.1, 0.15) is 35.1 Å². The Bertz CT molecular complexity index is 824. The van der Waals surface area contributed by atoms with Crippen LogP contribution in [0.2, 0.25) is 5.02 Å². The lowest BCUT2D eigenvalue weighted by molar-refractivity contribution is -0.143. The molecule has 7 heteroatoms. The molecule has 0 amide bonds. The standard InChI is InChI=1S/C17H17ClN2.C4H6O4/c18-17-6-4-14-7-10-19-11-8-15(14)16(17)5-3-13-2-1-9-20-12-13;5-3(6)1-2-4(7)8/h1-6,9,12,19H,7-8,10-11H2;1-2H2,(H,5,6)(H,7,8)/b5-3+;. The van der Waals surface area contributed by atoms with Crippen molar-refractivity contribution in [3.8, 4) is 0 Å². The highest BCUT2D eigenvalue weighted by Gasteiger charge is 2.12. The number of rotatable bonds is 5. The van der Waals surface area contributed by atoms with Gasteiger partial charge in [0.15, 0.2) is 0 Å². The van der Waals surface area contributed by atoms with E-state index in [0.717, 1.165) is 42.1 Å². The van der Waals surface area contributed by atoms with Gasteiger partial charge in [0.05, 0.1) is 12.8 Å². The largest absolute Gasteiger partial charge is 0.481 e. The molecule has 1 aromatic carbocycles. The smallest absolute Gasteiger partial charge is 0.303 e. The van der Waals surface area contributed by atoms with Crippen molar-refractivity contribution in [2.24, 2.45) is 0 Å². The van der Waals surface area contributed by atoms with Gasteiger partial charge in [-0.15, -0.1) is 0 Å². The number of benzene rings is 1. The number of nitrogens with zero attached hydrogens (tertiary/aromatic N) is 1. The number of nitrogens with one attached hydrogen (secondary N) is 1. The number of carboxylic acid groups (broad SMARTS) is 2. The van der Waals surface area contributed by atoms with Crippen molar-refractivity contribution in [3.63, 3.8) is 0 Å². The fraction of sp³-hybridized carbons (Fsp3) is 0.286. The first-order valence-electron chi connectivity index (χ1n) is 9.00. The van der Waals surface area contributed by atoms with Crippen LogP contribution in [0.4, 0.5) is 0 Å². The third-order valence-corrected chi connectivity index (χ3v) is 4.53. The molecule has 0 radical (unpaired) electrons. The Labute approximate surface area is 168 Å². The van der Waals surface area contributed by atoms with Crippen LogP contribution in [0.25, 0.3) is 12.2 Å². The average Bonchev–Trinajstić information content (AvgIpc) is 2.92. The van der Waals surface area contributed by atoms with Crippen molar-refractivity contribution in [1.82, 2.24) is 10.3 Å². The molecule has 28 heavy (non-hydrogen) atoms. The molecule has 3 N–H and O–H groups in total. The quantitative estimate of drug-likeness (QED) is 0.707. The molecule has 0 fully saturated rings. The van der Waals surface area contributed by atoms with E-state index in [1.807, 2.05) is 24.4 Å². The molecule has 3 rings (SSSR count). The van der Waals surface area contributed by atoms with E-state index in [4.69, 9.17) is 21.8 Å². The highest BCUT2D eigenvalue weighted by molar-refractivity contribution is 6.32. The van der Waals surface area contributed by atoms with Gasteiger partial charge < -0.3 is 15.5 Å². The van der Waals surface area contributed by atoms with Gasteiger partial charge in [0, 0.05) is 17.4 Å². The zero-order chi connectivity index (χ0) is 20.4. The molecule has 1 aromatic heterocycles. The number of carboxylic acids is 2. The average molecular weight is 403 g/mol. The molecule has 0 unspecified atom stereocenters. The van der Waals surface area contributed by atoms with Gasteiger partial charge in [-0.2, -0.15) is 0 Å². The van der Waals surface area contributed by atoms with Gasteiger partial charge in [0.25, 0.3) is 0 Å². The van der Waals surface area contributed by atoms with Gasteiger partial charge in [0.2, 0.25) is 0 Å². The van der Waals surface area contributed by atoms with Crippen molar-refractivity contribution in [2.45, 2.75) is 25.7 Å². The summed E-state index contributed by atoms with van der Waals surface area (Å²) in [7, 11) is 0. The van der Waals surface area contributed by atoms with Gasteiger partial charge in [0.1, 0.15) is 0 Å². The minimum Gasteiger partial charge on any atom is -0.481 e. The predicted octanol–water partition coefficient (Wildman–Crippen LogP) is 3.53. The van der Waals surface area contributed by atoms with Crippen LogP contribution in [0.15, 0.2) is 36.7 Å². The van der Waals surface area contributed by atoms with E-state index in [-0.39, 0.29) is 12.8 Å². The number of hydrogen-bond acceptors (Lipinski definition) is 4. The molecule has 0 saturated carbocycles. The zero-order valence-electron chi connectivity index (χ0n) is 15.4. The lowest BCUT2D eigenvalue weighted by Crippen LogP contribution is -2.16. The Morgan fingerprint density at radius 3 is 2.43 bits per heavy atom. The van der Waals surface area contributed by atoms with Crippen LogP contribution in [-0.4, -0.2) is 40.2 Å². The van der Waals surface area contributed by atoms with Crippen LogP contribution in [-0.2, 0) is 22.4 Å². The number of aliphatic carboxylic acids is 2. The summed E-state index contributed by atoms with van der Waals surface area (Å²) in [5.41, 5.74) is 5.03. The van der Waals surface area contributed by atoms with E-state index in [1.165, 1.54) is 11.1 Å². The fourth-order valence-electron chi connectivity index (χ4n) is 2.82. The lowest BCUT2D eigenvalue weighted by atomic mass is 9.96. The number of hydrogen-bond donors (Lipinski definition) is 3. The topological polar surface area (TPSA) is 99.5 Å². The molecule has 0 saturated heterocycles. The van der Waals surface area contributed by atoms with Crippen LogP contribution >= 0.6 is 11.6 Å². The molecular weight excluding hydrogens is 380 g/mol. The fourth-order valence-corrected chi connectivity index (χ4v) is 3.06. The first-order chi connectivity index (χ1) is 13.5. The SMILES string of the molecule is Clc1ccc2c(c1/C=C/c1cccnc1)CCNCC2.O=C(O)CCC(=O)O. The Morgan fingerprint density at radius 1 is 1.07 bits per heavy atom. The molecule has 0 aliphatic carbocycles. The number of carbonyl (C=O) groups is 2. The van der Waals surface area contributed by atoms with Crippen molar-refractivity contribution in [1.29, 1.82) is 0 Å². The van der Waals surface area contributed by atoms with Gasteiger partial charge in [-0.05, 0) is 60.3 Å². The lowest BCUT2D eigenvalue weighted by Gasteiger charge is -2.11. The van der Waals surface area contributed by atoms with E-state index < -0.39 is 11.9 Å².